The van der Waals surface area contributed by atoms with E-state index in [1.807, 2.05) is 25.2 Å². The number of para-hydroxylation sites is 1. The average Bonchev–Trinajstić information content (AvgIpc) is 3.07. The van der Waals surface area contributed by atoms with Crippen LogP contribution in [0.25, 0.3) is 0 Å². The number of hydrogen-bond acceptors (Lipinski definition) is 3. The summed E-state index contributed by atoms with van der Waals surface area (Å²) in [7, 11) is 3.54. The largest absolute Gasteiger partial charge is 0.496 e. The minimum absolute atomic E-state index is 0. The fourth-order valence-corrected chi connectivity index (χ4v) is 2.49. The Morgan fingerprint density at radius 2 is 2.15 bits per heavy atom. The summed E-state index contributed by atoms with van der Waals surface area (Å²) in [4.78, 5) is 11.7. The van der Waals surface area contributed by atoms with Gasteiger partial charge in [-0.3, -0.25) is 4.79 Å². The number of benzene rings is 1. The molecule has 1 aliphatic carbocycles. The number of nitrogens with one attached hydrogen (secondary N) is 2. The lowest BCUT2D eigenvalue weighted by molar-refractivity contribution is -0.121. The molecule has 0 aromatic heterocycles. The van der Waals surface area contributed by atoms with Crippen molar-refractivity contribution in [3.05, 3.63) is 29.8 Å². The fraction of sp³-hybridized carbons (Fsp3) is 0.533. The Bertz CT molecular complexity index is 467. The zero-order valence-electron chi connectivity index (χ0n) is 12.2. The number of halogens is 1. The summed E-state index contributed by atoms with van der Waals surface area (Å²) in [6, 6.07) is 8.25. The van der Waals surface area contributed by atoms with E-state index in [1.165, 1.54) is 5.56 Å². The smallest absolute Gasteiger partial charge is 0.221 e. The molecule has 5 heteroatoms. The number of methoxy groups -OCH3 is 1. The molecule has 2 rings (SSSR count). The van der Waals surface area contributed by atoms with Crippen LogP contribution in [-0.4, -0.2) is 32.7 Å². The first-order chi connectivity index (χ1) is 9.11. The van der Waals surface area contributed by atoms with E-state index >= 15 is 0 Å². The summed E-state index contributed by atoms with van der Waals surface area (Å²) in [6.45, 7) is 2.89. The van der Waals surface area contributed by atoms with Gasteiger partial charge in [-0.2, -0.15) is 0 Å². The van der Waals surface area contributed by atoms with E-state index in [4.69, 9.17) is 4.74 Å². The van der Waals surface area contributed by atoms with Crippen molar-refractivity contribution in [2.75, 3.05) is 20.7 Å². The second-order valence-electron chi connectivity index (χ2n) is 5.30. The van der Waals surface area contributed by atoms with Crippen LogP contribution in [0.5, 0.6) is 5.75 Å². The van der Waals surface area contributed by atoms with Gasteiger partial charge < -0.3 is 15.4 Å². The van der Waals surface area contributed by atoms with Gasteiger partial charge in [0.2, 0.25) is 5.91 Å². The maximum atomic E-state index is 11.7. The summed E-state index contributed by atoms with van der Waals surface area (Å²) in [5.74, 6) is 1.01. The van der Waals surface area contributed by atoms with Gasteiger partial charge in [-0.15, -0.1) is 12.4 Å². The summed E-state index contributed by atoms with van der Waals surface area (Å²) < 4.78 is 5.41. The van der Waals surface area contributed by atoms with E-state index in [9.17, 15) is 4.79 Å². The van der Waals surface area contributed by atoms with E-state index in [1.54, 1.807) is 7.11 Å². The second kappa shape index (κ2) is 6.95. The number of amides is 1. The topological polar surface area (TPSA) is 50.4 Å². The summed E-state index contributed by atoms with van der Waals surface area (Å²) in [5.41, 5.74) is 1.18. The molecule has 1 aromatic carbocycles. The first-order valence-electron chi connectivity index (χ1n) is 6.69. The molecule has 20 heavy (non-hydrogen) atoms. The fourth-order valence-electron chi connectivity index (χ4n) is 2.49. The molecule has 112 valence electrons. The minimum Gasteiger partial charge on any atom is -0.496 e. The van der Waals surface area contributed by atoms with Crippen molar-refractivity contribution in [1.82, 2.24) is 10.6 Å². The Balaban J connectivity index is 0.00000200. The highest BCUT2D eigenvalue weighted by Crippen LogP contribution is 2.50. The maximum absolute atomic E-state index is 11.7. The lowest BCUT2D eigenvalue weighted by Crippen LogP contribution is -2.32. The molecular weight excluding hydrogens is 276 g/mol. The van der Waals surface area contributed by atoms with Crippen LogP contribution in [0, 0.1) is 0 Å². The lowest BCUT2D eigenvalue weighted by Gasteiger charge is -2.16. The van der Waals surface area contributed by atoms with E-state index in [2.05, 4.69) is 23.6 Å². The highest BCUT2D eigenvalue weighted by atomic mass is 35.5. The van der Waals surface area contributed by atoms with Crippen LogP contribution in [0.3, 0.4) is 0 Å². The van der Waals surface area contributed by atoms with Gasteiger partial charge >= 0.3 is 0 Å². The average molecular weight is 299 g/mol. The Labute approximate surface area is 126 Å². The Morgan fingerprint density at radius 3 is 2.80 bits per heavy atom. The van der Waals surface area contributed by atoms with Crippen LogP contribution in [0.15, 0.2) is 24.3 Å². The minimum atomic E-state index is 0. The predicted molar refractivity (Wildman–Crippen MR) is 82.7 cm³/mol. The number of carbonyl (C=O) groups is 1. The number of rotatable bonds is 6. The number of ether oxygens (including phenoxy) is 1. The first-order valence-corrected chi connectivity index (χ1v) is 6.69. The van der Waals surface area contributed by atoms with Crippen LogP contribution in [0.1, 0.15) is 25.3 Å². The van der Waals surface area contributed by atoms with Gasteiger partial charge in [0, 0.05) is 30.0 Å². The van der Waals surface area contributed by atoms with E-state index in [-0.39, 0.29) is 29.8 Å². The molecule has 1 amide bonds. The van der Waals surface area contributed by atoms with Crippen molar-refractivity contribution in [2.45, 2.75) is 31.2 Å². The quantitative estimate of drug-likeness (QED) is 0.843. The predicted octanol–water partition coefficient (Wildman–Crippen LogP) is 1.87. The lowest BCUT2D eigenvalue weighted by atomic mass is 9.96. The van der Waals surface area contributed by atoms with Crippen LogP contribution in [0.4, 0.5) is 0 Å². The molecule has 0 radical (unpaired) electrons. The van der Waals surface area contributed by atoms with Gasteiger partial charge in [0.15, 0.2) is 0 Å². The number of carbonyl (C=O) groups excluding carboxylic acids is 1. The Morgan fingerprint density at radius 1 is 1.45 bits per heavy atom. The van der Waals surface area contributed by atoms with Crippen molar-refractivity contribution in [1.29, 1.82) is 0 Å². The van der Waals surface area contributed by atoms with Gasteiger partial charge in [0.1, 0.15) is 5.75 Å². The van der Waals surface area contributed by atoms with Gasteiger partial charge in [-0.05, 0) is 19.5 Å². The van der Waals surface area contributed by atoms with Crippen molar-refractivity contribution in [2.24, 2.45) is 0 Å². The molecule has 1 saturated carbocycles. The molecule has 1 aliphatic rings. The van der Waals surface area contributed by atoms with Gasteiger partial charge in [0.05, 0.1) is 7.11 Å². The first kappa shape index (κ1) is 16.8. The third-order valence-electron chi connectivity index (χ3n) is 3.90. The summed E-state index contributed by atoms with van der Waals surface area (Å²) in [5, 5.41) is 6.08. The van der Waals surface area contributed by atoms with Crippen LogP contribution in [0.2, 0.25) is 0 Å². The molecule has 1 fully saturated rings. The summed E-state index contributed by atoms with van der Waals surface area (Å²) >= 11 is 0. The van der Waals surface area contributed by atoms with E-state index < -0.39 is 0 Å². The molecule has 0 heterocycles. The van der Waals surface area contributed by atoms with Gasteiger partial charge in [-0.25, -0.2) is 0 Å². The van der Waals surface area contributed by atoms with E-state index in [0.29, 0.717) is 13.0 Å². The van der Waals surface area contributed by atoms with Crippen LogP contribution in [-0.2, 0) is 10.2 Å². The molecule has 2 N–H and O–H groups in total. The summed E-state index contributed by atoms with van der Waals surface area (Å²) in [6.07, 6.45) is 1.49. The normalized spacial score (nSPS) is 23.6. The monoisotopic (exact) mass is 298 g/mol. The third kappa shape index (κ3) is 3.44. The third-order valence-corrected chi connectivity index (χ3v) is 3.90. The van der Waals surface area contributed by atoms with Crippen molar-refractivity contribution >= 4 is 18.3 Å². The van der Waals surface area contributed by atoms with Gasteiger partial charge in [-0.1, -0.05) is 25.1 Å². The highest BCUT2D eigenvalue weighted by molar-refractivity contribution is 5.85. The van der Waals surface area contributed by atoms with Crippen LogP contribution >= 0.6 is 12.4 Å². The maximum Gasteiger partial charge on any atom is 0.221 e. The Hall–Kier alpha value is -1.26. The molecule has 0 saturated heterocycles. The molecule has 2 atom stereocenters. The van der Waals surface area contributed by atoms with Crippen molar-refractivity contribution in [3.8, 4) is 5.75 Å². The molecular formula is C15H23ClN2O2. The molecule has 0 bridgehead atoms. The van der Waals surface area contributed by atoms with Crippen molar-refractivity contribution in [3.63, 3.8) is 0 Å². The molecule has 0 aliphatic heterocycles. The second-order valence-corrected chi connectivity index (χ2v) is 5.30. The van der Waals surface area contributed by atoms with Crippen molar-refractivity contribution < 1.29 is 9.53 Å². The zero-order valence-corrected chi connectivity index (χ0v) is 13.0. The molecule has 1 aromatic rings. The Kier molecular flexibility index (Phi) is 5.84. The number of hydrogen-bond donors (Lipinski definition) is 2. The zero-order chi connectivity index (χ0) is 13.9. The SMILES string of the molecule is CNCCC(=O)NC1CC1(C)c1ccccc1OC.Cl. The van der Waals surface area contributed by atoms with Crippen LogP contribution < -0.4 is 15.4 Å². The molecule has 2 unspecified atom stereocenters. The van der Waals surface area contributed by atoms with E-state index in [0.717, 1.165) is 12.2 Å². The molecule has 4 nitrogen and oxygen atoms in total. The molecule has 0 spiro atoms. The highest BCUT2D eigenvalue weighted by Gasteiger charge is 2.53. The van der Waals surface area contributed by atoms with Gasteiger partial charge in [0.25, 0.3) is 0 Å². The standard InChI is InChI=1S/C15H22N2O2.ClH/c1-15(11-6-4-5-7-12(11)19-3)10-13(15)17-14(18)8-9-16-2;/h4-7,13,16H,8-10H2,1-3H3,(H,17,18);1H.